The Balaban J connectivity index is 1.64. The van der Waals surface area contributed by atoms with Crippen molar-refractivity contribution in [1.82, 2.24) is 4.98 Å². The molecule has 3 rings (SSSR count). The maximum atomic E-state index is 12.9. The average molecular weight is 349 g/mol. The summed E-state index contributed by atoms with van der Waals surface area (Å²) < 4.78 is 55.7. The first-order valence-electron chi connectivity index (χ1n) is 7.10. The monoisotopic (exact) mass is 349 g/mol. The highest BCUT2D eigenvalue weighted by Gasteiger charge is 2.30. The normalized spacial score (nSPS) is 11.8. The lowest BCUT2D eigenvalue weighted by Gasteiger charge is -2.06. The molecule has 1 N–H and O–H groups in total. The number of aromatic nitrogens is 1. The zero-order valence-electron chi connectivity index (χ0n) is 12.6. The Morgan fingerprint density at radius 3 is 2.40 bits per heavy atom. The van der Waals surface area contributed by atoms with Gasteiger partial charge in [-0.3, -0.25) is 5.43 Å². The van der Waals surface area contributed by atoms with E-state index in [9.17, 15) is 17.6 Å². The summed E-state index contributed by atoms with van der Waals surface area (Å²) in [6, 6.07) is 11.2. The van der Waals surface area contributed by atoms with Crippen molar-refractivity contribution in [2.45, 2.75) is 6.18 Å². The van der Waals surface area contributed by atoms with E-state index in [4.69, 9.17) is 4.42 Å². The second-order valence-corrected chi connectivity index (χ2v) is 5.01. The van der Waals surface area contributed by atoms with Crippen LogP contribution in [0.3, 0.4) is 0 Å². The van der Waals surface area contributed by atoms with Gasteiger partial charge in [0.2, 0.25) is 0 Å². The third kappa shape index (κ3) is 4.23. The van der Waals surface area contributed by atoms with Crippen LogP contribution in [0.5, 0.6) is 0 Å². The molecule has 0 radical (unpaired) electrons. The number of anilines is 1. The lowest BCUT2D eigenvalue weighted by Crippen LogP contribution is -2.05. The molecule has 0 saturated heterocycles. The number of nitrogens with zero attached hydrogens (tertiary/aromatic N) is 2. The summed E-state index contributed by atoms with van der Waals surface area (Å²) in [6.07, 6.45) is -2.36. The zero-order chi connectivity index (χ0) is 17.9. The molecule has 25 heavy (non-hydrogen) atoms. The van der Waals surface area contributed by atoms with E-state index in [0.29, 0.717) is 17.1 Å². The smallest absolute Gasteiger partial charge is 0.417 e. The fraction of sp³-hybridized carbons (Fsp3) is 0.0588. The van der Waals surface area contributed by atoms with Gasteiger partial charge in [-0.25, -0.2) is 9.37 Å². The first-order chi connectivity index (χ1) is 11.9. The van der Waals surface area contributed by atoms with Crippen LogP contribution >= 0.6 is 0 Å². The summed E-state index contributed by atoms with van der Waals surface area (Å²) in [5.74, 6) is 0.771. The van der Waals surface area contributed by atoms with Crippen LogP contribution in [0.15, 0.2) is 64.2 Å². The molecule has 8 heteroatoms. The predicted molar refractivity (Wildman–Crippen MR) is 84.6 cm³/mol. The Morgan fingerprint density at radius 2 is 1.76 bits per heavy atom. The number of hydrogen-bond acceptors (Lipinski definition) is 4. The third-order valence-corrected chi connectivity index (χ3v) is 3.22. The van der Waals surface area contributed by atoms with Crippen LogP contribution in [0, 0.1) is 5.82 Å². The molecule has 0 bridgehead atoms. The van der Waals surface area contributed by atoms with Crippen LogP contribution < -0.4 is 5.43 Å². The molecule has 0 fully saturated rings. The minimum absolute atomic E-state index is 0.162. The topological polar surface area (TPSA) is 50.4 Å². The summed E-state index contributed by atoms with van der Waals surface area (Å²) in [5.41, 5.74) is 2.38. The number of hydrazone groups is 1. The largest absolute Gasteiger partial charge is 0.455 e. The van der Waals surface area contributed by atoms with Gasteiger partial charge in [-0.05, 0) is 48.5 Å². The van der Waals surface area contributed by atoms with Crippen molar-refractivity contribution in [3.63, 3.8) is 0 Å². The fourth-order valence-electron chi connectivity index (χ4n) is 1.98. The minimum atomic E-state index is -4.43. The van der Waals surface area contributed by atoms with Gasteiger partial charge in [0.05, 0.1) is 11.8 Å². The van der Waals surface area contributed by atoms with E-state index in [-0.39, 0.29) is 11.6 Å². The number of rotatable bonds is 4. The first-order valence-corrected chi connectivity index (χ1v) is 7.10. The van der Waals surface area contributed by atoms with Crippen LogP contribution in [-0.4, -0.2) is 11.2 Å². The molecule has 0 unspecified atom stereocenters. The summed E-state index contributed by atoms with van der Waals surface area (Å²) >= 11 is 0. The molecule has 0 atom stereocenters. The molecule has 0 spiro atoms. The first kappa shape index (κ1) is 16.7. The van der Waals surface area contributed by atoms with Crippen LogP contribution in [0.4, 0.5) is 23.4 Å². The van der Waals surface area contributed by atoms with E-state index < -0.39 is 11.7 Å². The fourth-order valence-corrected chi connectivity index (χ4v) is 1.98. The van der Waals surface area contributed by atoms with E-state index in [1.54, 1.807) is 24.3 Å². The van der Waals surface area contributed by atoms with E-state index in [0.717, 1.165) is 12.3 Å². The zero-order valence-corrected chi connectivity index (χ0v) is 12.6. The Bertz CT molecular complexity index is 868. The SMILES string of the molecule is Fc1ccc(-c2ccc(/C=N\Nc3ccc(C(F)(F)F)cn3)o2)cc1. The van der Waals surface area contributed by atoms with Crippen LogP contribution in [0.2, 0.25) is 0 Å². The van der Waals surface area contributed by atoms with E-state index in [1.807, 2.05) is 0 Å². The van der Waals surface area contributed by atoms with Crippen LogP contribution in [0.25, 0.3) is 11.3 Å². The van der Waals surface area contributed by atoms with E-state index in [1.165, 1.54) is 24.4 Å². The number of hydrogen-bond donors (Lipinski definition) is 1. The van der Waals surface area contributed by atoms with Crippen molar-refractivity contribution in [2.75, 3.05) is 5.43 Å². The minimum Gasteiger partial charge on any atom is -0.455 e. The molecule has 0 aliphatic carbocycles. The standard InChI is InChI=1S/C17H11F4N3O/c18-13-4-1-11(2-5-13)15-7-6-14(25-15)10-23-24-16-8-3-12(9-22-16)17(19,20)21/h1-10H,(H,22,24)/b23-10-. The summed E-state index contributed by atoms with van der Waals surface area (Å²) in [6.45, 7) is 0. The van der Waals surface area contributed by atoms with Gasteiger partial charge >= 0.3 is 6.18 Å². The van der Waals surface area contributed by atoms with Gasteiger partial charge in [-0.1, -0.05) is 0 Å². The second-order valence-electron chi connectivity index (χ2n) is 5.01. The Hall–Kier alpha value is -3.16. The second kappa shape index (κ2) is 6.76. The van der Waals surface area contributed by atoms with Crippen molar-refractivity contribution in [1.29, 1.82) is 0 Å². The number of halogens is 4. The number of furan rings is 1. The number of nitrogens with one attached hydrogen (secondary N) is 1. The number of pyridine rings is 1. The summed E-state index contributed by atoms with van der Waals surface area (Å²) in [5, 5.41) is 3.85. The van der Waals surface area contributed by atoms with Crippen molar-refractivity contribution in [3.8, 4) is 11.3 Å². The number of benzene rings is 1. The average Bonchev–Trinajstić information content (AvgIpc) is 3.04. The molecule has 0 saturated carbocycles. The van der Waals surface area contributed by atoms with E-state index >= 15 is 0 Å². The number of alkyl halides is 3. The molecule has 2 heterocycles. The third-order valence-electron chi connectivity index (χ3n) is 3.22. The van der Waals surface area contributed by atoms with Gasteiger partial charge in [0.25, 0.3) is 0 Å². The molecule has 3 aromatic rings. The molecule has 4 nitrogen and oxygen atoms in total. The lowest BCUT2D eigenvalue weighted by atomic mass is 10.2. The predicted octanol–water partition coefficient (Wildman–Crippen LogP) is 4.95. The van der Waals surface area contributed by atoms with Gasteiger partial charge in [-0.15, -0.1) is 0 Å². The highest BCUT2D eigenvalue weighted by atomic mass is 19.4. The highest BCUT2D eigenvalue weighted by molar-refractivity contribution is 5.78. The molecule has 0 amide bonds. The van der Waals surface area contributed by atoms with Crippen LogP contribution in [-0.2, 0) is 6.18 Å². The van der Waals surface area contributed by atoms with Crippen molar-refractivity contribution >= 4 is 12.0 Å². The summed E-state index contributed by atoms with van der Waals surface area (Å²) in [4.78, 5) is 3.63. The lowest BCUT2D eigenvalue weighted by molar-refractivity contribution is -0.137. The van der Waals surface area contributed by atoms with Gasteiger partial charge in [0.15, 0.2) is 0 Å². The Labute approximate surface area is 139 Å². The highest BCUT2D eigenvalue weighted by Crippen LogP contribution is 2.28. The molecule has 0 aliphatic heterocycles. The maximum Gasteiger partial charge on any atom is 0.417 e. The van der Waals surface area contributed by atoms with Crippen molar-refractivity contribution < 1.29 is 22.0 Å². The van der Waals surface area contributed by atoms with Gasteiger partial charge in [0, 0.05) is 11.8 Å². The van der Waals surface area contributed by atoms with Gasteiger partial charge < -0.3 is 4.42 Å². The quantitative estimate of drug-likeness (QED) is 0.412. The molecule has 1 aromatic carbocycles. The molecule has 0 aliphatic rings. The summed E-state index contributed by atoms with van der Waals surface area (Å²) in [7, 11) is 0. The van der Waals surface area contributed by atoms with Gasteiger partial charge in [-0.2, -0.15) is 18.3 Å². The molecule has 128 valence electrons. The van der Waals surface area contributed by atoms with E-state index in [2.05, 4.69) is 15.5 Å². The maximum absolute atomic E-state index is 12.9. The Morgan fingerprint density at radius 1 is 1.00 bits per heavy atom. The molecular formula is C17H11F4N3O. The molecule has 2 aromatic heterocycles. The van der Waals surface area contributed by atoms with Gasteiger partial charge in [0.1, 0.15) is 23.2 Å². The Kier molecular flexibility index (Phi) is 4.51. The van der Waals surface area contributed by atoms with Crippen molar-refractivity contribution in [2.24, 2.45) is 5.10 Å². The van der Waals surface area contributed by atoms with Crippen LogP contribution in [0.1, 0.15) is 11.3 Å². The van der Waals surface area contributed by atoms with Crippen molar-refractivity contribution in [3.05, 3.63) is 71.9 Å². The molecular weight excluding hydrogens is 338 g/mol.